The monoisotopic (exact) mass is 220 g/mol. The van der Waals surface area contributed by atoms with Crippen LogP contribution >= 0.6 is 0 Å². The summed E-state index contributed by atoms with van der Waals surface area (Å²) in [4.78, 5) is 0. The number of aliphatic hydroxyl groups is 1. The van der Waals surface area contributed by atoms with Gasteiger partial charge in [0.15, 0.2) is 0 Å². The van der Waals surface area contributed by atoms with Crippen LogP contribution in [0, 0.1) is 11.3 Å². The smallest absolute Gasteiger partial charge is 0.0627 e. The molecule has 0 spiro atoms. The van der Waals surface area contributed by atoms with Gasteiger partial charge in [-0.15, -0.1) is 0 Å². The first kappa shape index (κ1) is 13.2. The zero-order chi connectivity index (χ0) is 12.4. The average molecular weight is 220 g/mol. The molecule has 90 valence electrons. The lowest BCUT2D eigenvalue weighted by atomic mass is 9.69. The van der Waals surface area contributed by atoms with Crippen LogP contribution in [-0.4, -0.2) is 10.7 Å². The summed E-state index contributed by atoms with van der Waals surface area (Å²) in [6, 6.07) is 10.4. The topological polar surface area (TPSA) is 20.2 Å². The van der Waals surface area contributed by atoms with Gasteiger partial charge in [-0.3, -0.25) is 0 Å². The van der Waals surface area contributed by atoms with Crippen LogP contribution in [0.3, 0.4) is 0 Å². The third kappa shape index (κ3) is 3.64. The summed E-state index contributed by atoms with van der Waals surface area (Å²) in [6.07, 6.45) is 0.924. The predicted molar refractivity (Wildman–Crippen MR) is 69.4 cm³/mol. The van der Waals surface area contributed by atoms with E-state index in [1.165, 1.54) is 5.56 Å². The van der Waals surface area contributed by atoms with Crippen LogP contribution in [0.2, 0.25) is 0 Å². The molecule has 1 rings (SSSR count). The Labute approximate surface area is 99.5 Å². The Morgan fingerprint density at radius 2 is 1.50 bits per heavy atom. The molecule has 1 unspecified atom stereocenters. The van der Waals surface area contributed by atoms with E-state index in [2.05, 4.69) is 45.0 Å². The molecule has 0 amide bonds. The lowest BCUT2D eigenvalue weighted by Crippen LogP contribution is -2.41. The van der Waals surface area contributed by atoms with Gasteiger partial charge in [0.25, 0.3) is 0 Å². The summed E-state index contributed by atoms with van der Waals surface area (Å²) < 4.78 is 0. The van der Waals surface area contributed by atoms with E-state index in [-0.39, 0.29) is 11.3 Å². The van der Waals surface area contributed by atoms with Gasteiger partial charge in [-0.1, -0.05) is 51.1 Å². The Morgan fingerprint density at radius 1 is 1.00 bits per heavy atom. The molecule has 1 nitrogen and oxygen atoms in total. The van der Waals surface area contributed by atoms with Gasteiger partial charge in [0, 0.05) is 0 Å². The molecule has 0 saturated carbocycles. The molecular formula is C15H24O. The molecule has 0 heterocycles. The van der Waals surface area contributed by atoms with E-state index >= 15 is 0 Å². The number of rotatable bonds is 3. The van der Waals surface area contributed by atoms with Crippen LogP contribution in [0.15, 0.2) is 30.3 Å². The third-order valence-electron chi connectivity index (χ3n) is 3.18. The highest BCUT2D eigenvalue weighted by atomic mass is 16.3. The molecule has 0 saturated heterocycles. The van der Waals surface area contributed by atoms with Crippen molar-refractivity contribution in [2.45, 2.75) is 46.6 Å². The maximum absolute atomic E-state index is 10.3. The van der Waals surface area contributed by atoms with Crippen molar-refractivity contribution < 1.29 is 5.11 Å². The molecule has 0 aliphatic carbocycles. The lowest BCUT2D eigenvalue weighted by Gasteiger charge is -2.39. The second-order valence-electron chi connectivity index (χ2n) is 6.26. The predicted octanol–water partition coefficient (Wildman–Crippen LogP) is 3.66. The molecule has 1 atom stereocenters. The number of benzene rings is 1. The van der Waals surface area contributed by atoms with Crippen LogP contribution in [0.4, 0.5) is 0 Å². The zero-order valence-corrected chi connectivity index (χ0v) is 11.1. The summed E-state index contributed by atoms with van der Waals surface area (Å²) in [5, 5.41) is 10.3. The van der Waals surface area contributed by atoms with E-state index < -0.39 is 5.60 Å². The number of hydrogen-bond donors (Lipinski definition) is 1. The first-order valence-corrected chi connectivity index (χ1v) is 5.97. The molecule has 0 aromatic heterocycles. The van der Waals surface area contributed by atoms with Gasteiger partial charge < -0.3 is 5.11 Å². The maximum Gasteiger partial charge on any atom is 0.0627 e. The standard InChI is InChI=1S/C15H24O/c1-14(2,3)13(15(4,5)16)11-12-9-7-6-8-10-12/h6-10,13,16H,11H2,1-5H3. The summed E-state index contributed by atoms with van der Waals surface area (Å²) in [5.74, 6) is 0.252. The molecule has 0 fully saturated rings. The van der Waals surface area contributed by atoms with Crippen molar-refractivity contribution in [2.75, 3.05) is 0 Å². The Bertz CT molecular complexity index is 300. The molecule has 16 heavy (non-hydrogen) atoms. The Morgan fingerprint density at radius 3 is 1.88 bits per heavy atom. The fraction of sp³-hybridized carbons (Fsp3) is 0.600. The van der Waals surface area contributed by atoms with Gasteiger partial charge in [0.05, 0.1) is 5.60 Å². The van der Waals surface area contributed by atoms with Crippen LogP contribution in [0.5, 0.6) is 0 Å². The second-order valence-corrected chi connectivity index (χ2v) is 6.26. The first-order valence-electron chi connectivity index (χ1n) is 5.97. The lowest BCUT2D eigenvalue weighted by molar-refractivity contribution is -0.0322. The summed E-state index contributed by atoms with van der Waals surface area (Å²) >= 11 is 0. The highest BCUT2D eigenvalue weighted by molar-refractivity contribution is 5.16. The van der Waals surface area contributed by atoms with E-state index in [0.717, 1.165) is 6.42 Å². The first-order chi connectivity index (χ1) is 7.21. The molecule has 0 aliphatic rings. The van der Waals surface area contributed by atoms with Gasteiger partial charge in [0.2, 0.25) is 0 Å². The molecule has 1 heteroatoms. The van der Waals surface area contributed by atoms with Crippen molar-refractivity contribution >= 4 is 0 Å². The average Bonchev–Trinajstić information content (AvgIpc) is 2.12. The van der Waals surface area contributed by atoms with Crippen LogP contribution in [0.25, 0.3) is 0 Å². The summed E-state index contributed by atoms with van der Waals surface area (Å²) in [7, 11) is 0. The quantitative estimate of drug-likeness (QED) is 0.824. The van der Waals surface area contributed by atoms with E-state index in [9.17, 15) is 5.11 Å². The molecule has 1 aromatic carbocycles. The Hall–Kier alpha value is -0.820. The molecule has 0 radical (unpaired) electrons. The highest BCUT2D eigenvalue weighted by Gasteiger charge is 2.36. The number of hydrogen-bond acceptors (Lipinski definition) is 1. The van der Waals surface area contributed by atoms with E-state index in [1.807, 2.05) is 19.9 Å². The fourth-order valence-corrected chi connectivity index (χ4v) is 2.47. The van der Waals surface area contributed by atoms with Gasteiger partial charge in [-0.25, -0.2) is 0 Å². The van der Waals surface area contributed by atoms with Crippen LogP contribution in [0.1, 0.15) is 40.2 Å². The molecular weight excluding hydrogens is 196 g/mol. The van der Waals surface area contributed by atoms with Crippen molar-refractivity contribution in [3.8, 4) is 0 Å². The minimum Gasteiger partial charge on any atom is -0.390 e. The van der Waals surface area contributed by atoms with Crippen molar-refractivity contribution in [3.05, 3.63) is 35.9 Å². The minimum absolute atomic E-state index is 0.105. The minimum atomic E-state index is -0.645. The van der Waals surface area contributed by atoms with Crippen molar-refractivity contribution in [3.63, 3.8) is 0 Å². The molecule has 0 bridgehead atoms. The van der Waals surface area contributed by atoms with Crippen molar-refractivity contribution in [1.82, 2.24) is 0 Å². The van der Waals surface area contributed by atoms with E-state index in [1.54, 1.807) is 0 Å². The normalized spacial score (nSPS) is 14.9. The maximum atomic E-state index is 10.3. The summed E-state index contributed by atoms with van der Waals surface area (Å²) in [6.45, 7) is 10.4. The molecule has 1 N–H and O–H groups in total. The third-order valence-corrected chi connectivity index (χ3v) is 3.18. The zero-order valence-electron chi connectivity index (χ0n) is 11.1. The summed E-state index contributed by atoms with van der Waals surface area (Å²) in [5.41, 5.74) is 0.756. The highest BCUT2D eigenvalue weighted by Crippen LogP contribution is 2.36. The van der Waals surface area contributed by atoms with Crippen molar-refractivity contribution in [2.24, 2.45) is 11.3 Å². The largest absolute Gasteiger partial charge is 0.390 e. The Balaban J connectivity index is 2.89. The van der Waals surface area contributed by atoms with Crippen LogP contribution in [-0.2, 0) is 6.42 Å². The second kappa shape index (κ2) is 4.58. The van der Waals surface area contributed by atoms with Gasteiger partial charge >= 0.3 is 0 Å². The van der Waals surface area contributed by atoms with Gasteiger partial charge in [-0.2, -0.15) is 0 Å². The van der Waals surface area contributed by atoms with Gasteiger partial charge in [-0.05, 0) is 37.2 Å². The SMILES string of the molecule is CC(C)(C)C(Cc1ccccc1)C(C)(C)O. The Kier molecular flexibility index (Phi) is 3.80. The molecule has 1 aromatic rings. The fourth-order valence-electron chi connectivity index (χ4n) is 2.47. The van der Waals surface area contributed by atoms with Gasteiger partial charge in [0.1, 0.15) is 0 Å². The van der Waals surface area contributed by atoms with Crippen LogP contribution < -0.4 is 0 Å². The van der Waals surface area contributed by atoms with Crippen molar-refractivity contribution in [1.29, 1.82) is 0 Å². The van der Waals surface area contributed by atoms with E-state index in [4.69, 9.17) is 0 Å². The molecule has 0 aliphatic heterocycles. The van der Waals surface area contributed by atoms with E-state index in [0.29, 0.717) is 0 Å².